The second-order valence-electron chi connectivity index (χ2n) is 16.0. The third-order valence-electron chi connectivity index (χ3n) is 12.6. The summed E-state index contributed by atoms with van der Waals surface area (Å²) in [5, 5.41) is 10.6. The zero-order chi connectivity index (χ0) is 34.9. The molecule has 0 aromatic heterocycles. The minimum absolute atomic E-state index is 0.0566. The van der Waals surface area contributed by atoms with Crippen LogP contribution in [0.2, 0.25) is 0 Å². The van der Waals surface area contributed by atoms with Crippen molar-refractivity contribution < 1.29 is 0 Å². The van der Waals surface area contributed by atoms with E-state index in [0.29, 0.717) is 0 Å². The van der Waals surface area contributed by atoms with Crippen LogP contribution in [-0.4, -0.2) is 0 Å². The summed E-state index contributed by atoms with van der Waals surface area (Å²) in [6.07, 6.45) is 0. The molecule has 0 spiro atoms. The van der Waals surface area contributed by atoms with E-state index in [1.165, 1.54) is 110 Å². The second-order valence-corrected chi connectivity index (χ2v) is 16.0. The minimum atomic E-state index is -0.162. The summed E-state index contributed by atoms with van der Waals surface area (Å²) in [6, 6.07) is 59.6. The molecule has 0 amide bonds. The fraction of sp³-hybridized carbons (Fsp3) is 0.115. The Morgan fingerprint density at radius 2 is 0.673 bits per heavy atom. The maximum atomic E-state index is 2.52. The van der Waals surface area contributed by atoms with Crippen molar-refractivity contribution in [2.75, 3.05) is 0 Å². The smallest absolute Gasteiger partial charge is 0.0165 e. The van der Waals surface area contributed by atoms with Crippen LogP contribution in [0.1, 0.15) is 49.9 Å². The first-order valence-corrected chi connectivity index (χ1v) is 18.6. The highest BCUT2D eigenvalue weighted by molar-refractivity contribution is 6.22. The van der Waals surface area contributed by atoms with Gasteiger partial charge in [0, 0.05) is 10.8 Å². The van der Waals surface area contributed by atoms with Crippen LogP contribution in [0.5, 0.6) is 0 Å². The van der Waals surface area contributed by atoms with Gasteiger partial charge in [-0.2, -0.15) is 0 Å². The van der Waals surface area contributed by atoms with Crippen molar-refractivity contribution in [1.82, 2.24) is 0 Å². The average molecular weight is 663 g/mol. The standard InChI is InChI=1S/C52H38/c1-51(2)44-24-14-13-17-35(44)36-27-25-31(29-45(36)51)47-38-19-8-10-21-40(38)48(41-22-11-9-20-39(41)47)32-26-28-43-46(30-32)52(3,4)50-42-23-12-6-16-34(42)33-15-5-7-18-37(33)49(43)50/h5-30H,1-4H3. The van der Waals surface area contributed by atoms with Gasteiger partial charge in [0.05, 0.1) is 0 Å². The maximum absolute atomic E-state index is 2.52. The van der Waals surface area contributed by atoms with Crippen LogP contribution in [0.3, 0.4) is 0 Å². The Hall–Kier alpha value is -5.98. The molecular weight excluding hydrogens is 625 g/mol. The molecule has 0 aliphatic heterocycles. The largest absolute Gasteiger partial charge is 0.0619 e. The molecule has 0 nitrogen and oxygen atoms in total. The van der Waals surface area contributed by atoms with Gasteiger partial charge in [-0.25, -0.2) is 0 Å². The van der Waals surface area contributed by atoms with Crippen LogP contribution in [0.4, 0.5) is 0 Å². The van der Waals surface area contributed by atoms with Gasteiger partial charge in [0.25, 0.3) is 0 Å². The van der Waals surface area contributed by atoms with Crippen LogP contribution >= 0.6 is 0 Å². The van der Waals surface area contributed by atoms with Gasteiger partial charge in [0.1, 0.15) is 0 Å². The van der Waals surface area contributed by atoms with Crippen LogP contribution < -0.4 is 0 Å². The SMILES string of the molecule is CC1(C)c2ccccc2-c2ccc(-c3c4ccccc4c(-c4ccc5c(c4)C(C)(C)c4c-5c5ccccc5c5ccccc45)c4ccccc34)cc21. The molecule has 0 N–H and O–H groups in total. The molecule has 0 bridgehead atoms. The monoisotopic (exact) mass is 662 g/mol. The van der Waals surface area contributed by atoms with E-state index in [1.807, 2.05) is 0 Å². The van der Waals surface area contributed by atoms with Gasteiger partial charge < -0.3 is 0 Å². The number of benzene rings is 9. The Bertz CT molecular complexity index is 2950. The molecule has 9 aromatic rings. The summed E-state index contributed by atoms with van der Waals surface area (Å²) in [6.45, 7) is 9.60. The molecule has 11 rings (SSSR count). The maximum Gasteiger partial charge on any atom is 0.0165 e. The molecule has 0 saturated carbocycles. The lowest BCUT2D eigenvalue weighted by molar-refractivity contribution is 0.660. The fourth-order valence-electron chi connectivity index (χ4n) is 10.2. The van der Waals surface area contributed by atoms with E-state index in [9.17, 15) is 0 Å². The van der Waals surface area contributed by atoms with Gasteiger partial charge in [-0.15, -0.1) is 0 Å². The highest BCUT2D eigenvalue weighted by Gasteiger charge is 2.39. The number of rotatable bonds is 2. The molecule has 0 fully saturated rings. The van der Waals surface area contributed by atoms with Gasteiger partial charge in [0.2, 0.25) is 0 Å². The molecular formula is C52H38. The van der Waals surface area contributed by atoms with Crippen LogP contribution in [0, 0.1) is 0 Å². The van der Waals surface area contributed by atoms with Gasteiger partial charge >= 0.3 is 0 Å². The Balaban J connectivity index is 1.16. The predicted octanol–water partition coefficient (Wildman–Crippen LogP) is 14.2. The summed E-state index contributed by atoms with van der Waals surface area (Å²) < 4.78 is 0. The van der Waals surface area contributed by atoms with E-state index in [4.69, 9.17) is 0 Å². The summed E-state index contributed by atoms with van der Waals surface area (Å²) in [5.74, 6) is 0. The zero-order valence-corrected chi connectivity index (χ0v) is 30.0. The van der Waals surface area contributed by atoms with E-state index in [0.717, 1.165) is 0 Å². The molecule has 0 atom stereocenters. The molecule has 2 aliphatic rings. The van der Waals surface area contributed by atoms with Crippen molar-refractivity contribution in [2.45, 2.75) is 38.5 Å². The minimum Gasteiger partial charge on any atom is -0.0619 e. The summed E-state index contributed by atoms with van der Waals surface area (Å²) in [7, 11) is 0. The fourth-order valence-corrected chi connectivity index (χ4v) is 10.2. The van der Waals surface area contributed by atoms with Gasteiger partial charge in [0.15, 0.2) is 0 Å². The Morgan fingerprint density at radius 3 is 1.23 bits per heavy atom. The third kappa shape index (κ3) is 3.77. The van der Waals surface area contributed by atoms with Crippen molar-refractivity contribution in [3.05, 3.63) is 180 Å². The first kappa shape index (κ1) is 29.7. The molecule has 52 heavy (non-hydrogen) atoms. The van der Waals surface area contributed by atoms with Gasteiger partial charge in [-0.3, -0.25) is 0 Å². The topological polar surface area (TPSA) is 0 Å². The lowest BCUT2D eigenvalue weighted by atomic mass is 9.78. The second kappa shape index (κ2) is 10.3. The molecule has 0 saturated heterocycles. The van der Waals surface area contributed by atoms with Crippen molar-refractivity contribution in [1.29, 1.82) is 0 Å². The Morgan fingerprint density at radius 1 is 0.288 bits per heavy atom. The molecule has 0 heterocycles. The van der Waals surface area contributed by atoms with Crippen LogP contribution in [0.15, 0.2) is 158 Å². The van der Waals surface area contributed by atoms with Gasteiger partial charge in [-0.1, -0.05) is 173 Å². The average Bonchev–Trinajstić information content (AvgIpc) is 3.56. The van der Waals surface area contributed by atoms with E-state index < -0.39 is 0 Å². The highest BCUT2D eigenvalue weighted by Crippen LogP contribution is 2.56. The van der Waals surface area contributed by atoms with Crippen molar-refractivity contribution in [2.24, 2.45) is 0 Å². The van der Waals surface area contributed by atoms with Crippen molar-refractivity contribution in [3.8, 4) is 44.5 Å². The van der Waals surface area contributed by atoms with E-state index in [-0.39, 0.29) is 10.8 Å². The van der Waals surface area contributed by atoms with Crippen molar-refractivity contribution >= 4 is 43.1 Å². The first-order chi connectivity index (χ1) is 25.3. The molecule has 0 radical (unpaired) electrons. The first-order valence-electron chi connectivity index (χ1n) is 18.6. The number of hydrogen-bond donors (Lipinski definition) is 0. The molecule has 0 heteroatoms. The van der Waals surface area contributed by atoms with Gasteiger partial charge in [-0.05, 0) is 122 Å². The lowest BCUT2D eigenvalue weighted by Crippen LogP contribution is -2.15. The van der Waals surface area contributed by atoms with Crippen molar-refractivity contribution in [3.63, 3.8) is 0 Å². The summed E-state index contributed by atoms with van der Waals surface area (Å²) in [4.78, 5) is 0. The van der Waals surface area contributed by atoms with E-state index >= 15 is 0 Å². The molecule has 9 aromatic carbocycles. The Kier molecular flexibility index (Phi) is 5.89. The molecule has 2 aliphatic carbocycles. The normalized spacial score (nSPS) is 14.8. The van der Waals surface area contributed by atoms with E-state index in [2.05, 4.69) is 185 Å². The third-order valence-corrected chi connectivity index (χ3v) is 12.6. The Labute approximate surface area is 305 Å². The predicted molar refractivity (Wildman–Crippen MR) is 222 cm³/mol. The summed E-state index contributed by atoms with van der Waals surface area (Å²) in [5.41, 5.74) is 16.1. The highest BCUT2D eigenvalue weighted by atomic mass is 14.4. The number of fused-ring (bicyclic) bond motifs is 13. The summed E-state index contributed by atoms with van der Waals surface area (Å²) >= 11 is 0. The van der Waals surface area contributed by atoms with E-state index in [1.54, 1.807) is 0 Å². The lowest BCUT2D eigenvalue weighted by Gasteiger charge is -2.25. The van der Waals surface area contributed by atoms with Crippen LogP contribution in [-0.2, 0) is 10.8 Å². The zero-order valence-electron chi connectivity index (χ0n) is 30.0. The molecule has 0 unspecified atom stereocenters. The quantitative estimate of drug-likeness (QED) is 0.128. The molecule has 246 valence electrons. The number of hydrogen-bond acceptors (Lipinski definition) is 0. The van der Waals surface area contributed by atoms with Crippen LogP contribution in [0.25, 0.3) is 87.6 Å².